The van der Waals surface area contributed by atoms with Crippen molar-refractivity contribution in [3.8, 4) is 5.75 Å². The Kier molecular flexibility index (Phi) is 6.61. The minimum atomic E-state index is -3.97. The Morgan fingerprint density at radius 3 is 2.41 bits per heavy atom. The third-order valence-electron chi connectivity index (χ3n) is 3.92. The number of methoxy groups -OCH3 is 1. The first-order valence-electron chi connectivity index (χ1n) is 8.41. The lowest BCUT2D eigenvalue weighted by Crippen LogP contribution is -2.29. The first-order chi connectivity index (χ1) is 13.8. The molecule has 2 aromatic rings. The largest absolute Gasteiger partial charge is 0.497 e. The van der Waals surface area contributed by atoms with Crippen molar-refractivity contribution >= 4 is 54.9 Å². The molecule has 0 N–H and O–H groups in total. The zero-order valence-corrected chi connectivity index (χ0v) is 18.6. The molecule has 1 heterocycles. The molecular formula is C20H17BrN2O4S2. The number of carbonyl (C=O) groups is 1. The maximum atomic E-state index is 12.8. The number of carbonyl (C=O) groups excluding carboxylic acids is 1. The molecule has 3 rings (SSSR count). The standard InChI is InChI=1S/C20H17BrN2O4S2/c1-3-12-23-19(24)18(13-14-4-8-16(27-2)9-5-14)28-20(23)22-29(25,26)17-10-6-15(21)7-11-17/h3-11,13H,1,12H2,2H3/b18-13-,22-20?. The van der Waals surface area contributed by atoms with Gasteiger partial charge in [0.25, 0.3) is 15.9 Å². The van der Waals surface area contributed by atoms with Crippen molar-refractivity contribution in [3.05, 3.63) is 76.1 Å². The number of amides is 1. The molecule has 0 aromatic heterocycles. The molecule has 0 aliphatic carbocycles. The van der Waals surface area contributed by atoms with Gasteiger partial charge in [-0.3, -0.25) is 9.69 Å². The minimum Gasteiger partial charge on any atom is -0.497 e. The third kappa shape index (κ3) is 4.98. The summed E-state index contributed by atoms with van der Waals surface area (Å²) in [5.41, 5.74) is 0.789. The number of nitrogens with zero attached hydrogens (tertiary/aromatic N) is 2. The van der Waals surface area contributed by atoms with E-state index >= 15 is 0 Å². The molecule has 9 heteroatoms. The Bertz CT molecular complexity index is 1090. The van der Waals surface area contributed by atoms with Crippen molar-refractivity contribution in [1.29, 1.82) is 0 Å². The number of ether oxygens (including phenoxy) is 1. The van der Waals surface area contributed by atoms with Crippen LogP contribution in [-0.2, 0) is 14.8 Å². The summed E-state index contributed by atoms with van der Waals surface area (Å²) in [6.45, 7) is 3.79. The summed E-state index contributed by atoms with van der Waals surface area (Å²) in [4.78, 5) is 14.5. The highest BCUT2D eigenvalue weighted by atomic mass is 79.9. The number of halogens is 1. The molecule has 0 bridgehead atoms. The van der Waals surface area contributed by atoms with Crippen LogP contribution >= 0.6 is 27.7 Å². The van der Waals surface area contributed by atoms with Crippen LogP contribution in [0.3, 0.4) is 0 Å². The lowest BCUT2D eigenvalue weighted by atomic mass is 10.2. The Balaban J connectivity index is 1.96. The molecule has 1 aliphatic rings. The smallest absolute Gasteiger partial charge is 0.284 e. The lowest BCUT2D eigenvalue weighted by molar-refractivity contribution is -0.121. The number of rotatable bonds is 6. The topological polar surface area (TPSA) is 76.0 Å². The monoisotopic (exact) mass is 492 g/mol. The molecule has 6 nitrogen and oxygen atoms in total. The molecule has 1 amide bonds. The van der Waals surface area contributed by atoms with Crippen LogP contribution in [0.5, 0.6) is 5.75 Å². The van der Waals surface area contributed by atoms with E-state index in [0.29, 0.717) is 10.7 Å². The van der Waals surface area contributed by atoms with Gasteiger partial charge in [-0.25, -0.2) is 0 Å². The van der Waals surface area contributed by atoms with E-state index < -0.39 is 10.0 Å². The Labute approximate surface area is 182 Å². The molecule has 150 valence electrons. The lowest BCUT2D eigenvalue weighted by Gasteiger charge is -2.12. The van der Waals surface area contributed by atoms with Crippen LogP contribution in [0.1, 0.15) is 5.56 Å². The van der Waals surface area contributed by atoms with Gasteiger partial charge in [0.2, 0.25) is 0 Å². The van der Waals surface area contributed by atoms with Gasteiger partial charge in [-0.2, -0.15) is 8.42 Å². The maximum absolute atomic E-state index is 12.8. The zero-order chi connectivity index (χ0) is 21.0. The van der Waals surface area contributed by atoms with Gasteiger partial charge in [-0.15, -0.1) is 11.0 Å². The summed E-state index contributed by atoms with van der Waals surface area (Å²) in [7, 11) is -2.39. The fourth-order valence-corrected chi connectivity index (χ4v) is 4.93. The minimum absolute atomic E-state index is 0.0485. The van der Waals surface area contributed by atoms with Gasteiger partial charge in [-0.1, -0.05) is 34.1 Å². The Hall–Kier alpha value is -2.36. The fourth-order valence-electron chi connectivity index (χ4n) is 2.48. The summed E-state index contributed by atoms with van der Waals surface area (Å²) in [5, 5.41) is 0.0950. The molecule has 2 aromatic carbocycles. The second-order valence-electron chi connectivity index (χ2n) is 5.89. The summed E-state index contributed by atoms with van der Waals surface area (Å²) < 4.78 is 35.2. The van der Waals surface area contributed by atoms with E-state index in [0.717, 1.165) is 21.8 Å². The molecule has 29 heavy (non-hydrogen) atoms. The number of thioether (sulfide) groups is 1. The Morgan fingerprint density at radius 1 is 1.17 bits per heavy atom. The van der Waals surface area contributed by atoms with Gasteiger partial charge in [0, 0.05) is 11.0 Å². The van der Waals surface area contributed by atoms with Crippen molar-refractivity contribution in [1.82, 2.24) is 4.90 Å². The molecule has 0 saturated carbocycles. The summed E-state index contributed by atoms with van der Waals surface area (Å²) in [6, 6.07) is 13.3. The number of sulfonamides is 1. The first-order valence-corrected chi connectivity index (χ1v) is 11.5. The average Bonchev–Trinajstić information content (AvgIpc) is 2.97. The van der Waals surface area contributed by atoms with Gasteiger partial charge in [-0.05, 0) is 59.8 Å². The molecular weight excluding hydrogens is 476 g/mol. The van der Waals surface area contributed by atoms with Gasteiger partial charge in [0.1, 0.15) is 5.75 Å². The van der Waals surface area contributed by atoms with E-state index in [-0.39, 0.29) is 22.5 Å². The van der Waals surface area contributed by atoms with Crippen molar-refractivity contribution in [2.24, 2.45) is 4.40 Å². The fraction of sp³-hybridized carbons (Fsp3) is 0.100. The van der Waals surface area contributed by atoms with E-state index in [2.05, 4.69) is 26.9 Å². The summed E-state index contributed by atoms with van der Waals surface area (Å²) >= 11 is 4.29. The van der Waals surface area contributed by atoms with E-state index in [1.165, 1.54) is 23.1 Å². The van der Waals surface area contributed by atoms with Gasteiger partial charge in [0.05, 0.1) is 16.9 Å². The van der Waals surface area contributed by atoms with Gasteiger partial charge in [0.15, 0.2) is 5.17 Å². The highest BCUT2D eigenvalue weighted by Crippen LogP contribution is 2.34. The van der Waals surface area contributed by atoms with E-state index in [1.54, 1.807) is 37.5 Å². The second kappa shape index (κ2) is 8.98. The summed E-state index contributed by atoms with van der Waals surface area (Å²) in [5.74, 6) is 0.379. The molecule has 1 saturated heterocycles. The van der Waals surface area contributed by atoms with Gasteiger partial charge >= 0.3 is 0 Å². The number of amidine groups is 1. The van der Waals surface area contributed by atoms with Crippen molar-refractivity contribution in [2.45, 2.75) is 4.90 Å². The first kappa shape index (κ1) is 21.4. The molecule has 1 aliphatic heterocycles. The predicted octanol–water partition coefficient (Wildman–Crippen LogP) is 4.30. The van der Waals surface area contributed by atoms with Gasteiger partial charge < -0.3 is 4.74 Å². The van der Waals surface area contributed by atoms with Crippen molar-refractivity contribution < 1.29 is 17.9 Å². The van der Waals surface area contributed by atoms with E-state index in [4.69, 9.17) is 4.74 Å². The SMILES string of the molecule is C=CCN1C(=O)/C(=C/c2ccc(OC)cc2)SC1=NS(=O)(=O)c1ccc(Br)cc1. The van der Waals surface area contributed by atoms with Crippen LogP contribution in [0.2, 0.25) is 0 Å². The molecule has 0 radical (unpaired) electrons. The average molecular weight is 493 g/mol. The number of hydrogen-bond donors (Lipinski definition) is 0. The maximum Gasteiger partial charge on any atom is 0.284 e. The van der Waals surface area contributed by atoms with Crippen molar-refractivity contribution in [3.63, 3.8) is 0 Å². The molecule has 1 fully saturated rings. The number of benzene rings is 2. The summed E-state index contributed by atoms with van der Waals surface area (Å²) in [6.07, 6.45) is 3.22. The number of hydrogen-bond acceptors (Lipinski definition) is 5. The molecule has 0 atom stereocenters. The zero-order valence-electron chi connectivity index (χ0n) is 15.4. The quantitative estimate of drug-likeness (QED) is 0.443. The van der Waals surface area contributed by atoms with Crippen LogP contribution in [0.15, 0.2) is 79.9 Å². The van der Waals surface area contributed by atoms with Crippen LogP contribution in [0, 0.1) is 0 Å². The van der Waals surface area contributed by atoms with Crippen LogP contribution in [0.25, 0.3) is 6.08 Å². The molecule has 0 unspecified atom stereocenters. The van der Waals surface area contributed by atoms with E-state index in [9.17, 15) is 13.2 Å². The Morgan fingerprint density at radius 2 is 1.83 bits per heavy atom. The third-order valence-corrected chi connectivity index (χ3v) is 6.86. The van der Waals surface area contributed by atoms with Crippen LogP contribution in [0.4, 0.5) is 0 Å². The van der Waals surface area contributed by atoms with E-state index in [1.807, 2.05) is 12.1 Å². The van der Waals surface area contributed by atoms with Crippen LogP contribution < -0.4 is 4.74 Å². The van der Waals surface area contributed by atoms with Crippen LogP contribution in [-0.4, -0.2) is 38.0 Å². The highest BCUT2D eigenvalue weighted by molar-refractivity contribution is 9.10. The highest BCUT2D eigenvalue weighted by Gasteiger charge is 2.34. The predicted molar refractivity (Wildman–Crippen MR) is 119 cm³/mol. The second-order valence-corrected chi connectivity index (χ2v) is 9.42. The normalized spacial score (nSPS) is 17.2. The van der Waals surface area contributed by atoms with Crippen molar-refractivity contribution in [2.75, 3.05) is 13.7 Å². The molecule has 0 spiro atoms.